The predicted molar refractivity (Wildman–Crippen MR) is 76.0 cm³/mol. The lowest BCUT2D eigenvalue weighted by molar-refractivity contribution is -0.123. The van der Waals surface area contributed by atoms with E-state index in [1.165, 1.54) is 0 Å². The maximum atomic E-state index is 11.5. The molecule has 0 unspecified atom stereocenters. The molecule has 0 heterocycles. The molecule has 0 bridgehead atoms. The van der Waals surface area contributed by atoms with Crippen LogP contribution in [0.15, 0.2) is 24.3 Å². The van der Waals surface area contributed by atoms with Gasteiger partial charge in [-0.2, -0.15) is 0 Å². The number of thiocarbonyl (C=S) groups is 1. The van der Waals surface area contributed by atoms with E-state index in [9.17, 15) is 4.79 Å². The van der Waals surface area contributed by atoms with E-state index in [1.807, 2.05) is 6.92 Å². The summed E-state index contributed by atoms with van der Waals surface area (Å²) in [7, 11) is 1.57. The van der Waals surface area contributed by atoms with Gasteiger partial charge in [-0.15, -0.1) is 0 Å². The highest BCUT2D eigenvalue weighted by Gasteiger charge is 2.03. The third kappa shape index (κ3) is 5.91. The molecule has 19 heavy (non-hydrogen) atoms. The standard InChI is InChI=1S/C12H17N3O3S/c1-3-13-12(19)15-14-11(16)8-18-10-6-4-5-9(7-10)17-2/h4-7H,3,8H2,1-2H3,(H,14,16)(H2,13,15,19). The Bertz CT molecular complexity index is 440. The Balaban J connectivity index is 2.31. The third-order valence-corrected chi connectivity index (χ3v) is 2.31. The molecule has 0 aliphatic heterocycles. The number of benzene rings is 1. The lowest BCUT2D eigenvalue weighted by Crippen LogP contribution is -2.48. The molecule has 104 valence electrons. The van der Waals surface area contributed by atoms with Crippen LogP contribution >= 0.6 is 12.2 Å². The zero-order chi connectivity index (χ0) is 14.1. The van der Waals surface area contributed by atoms with E-state index in [2.05, 4.69) is 16.2 Å². The average molecular weight is 283 g/mol. The number of nitrogens with one attached hydrogen (secondary N) is 3. The summed E-state index contributed by atoms with van der Waals surface area (Å²) in [5.41, 5.74) is 4.98. The van der Waals surface area contributed by atoms with Crippen molar-refractivity contribution in [2.24, 2.45) is 0 Å². The summed E-state index contributed by atoms with van der Waals surface area (Å²) < 4.78 is 10.4. The zero-order valence-corrected chi connectivity index (χ0v) is 11.7. The molecule has 0 fully saturated rings. The van der Waals surface area contributed by atoms with Gasteiger partial charge in [-0.25, -0.2) is 0 Å². The highest BCUT2D eigenvalue weighted by Crippen LogP contribution is 2.18. The number of ether oxygens (including phenoxy) is 2. The SMILES string of the molecule is CCNC(=S)NNC(=O)COc1cccc(OC)c1. The second-order valence-electron chi connectivity index (χ2n) is 3.50. The van der Waals surface area contributed by atoms with E-state index < -0.39 is 0 Å². The van der Waals surface area contributed by atoms with Gasteiger partial charge in [0.05, 0.1) is 7.11 Å². The summed E-state index contributed by atoms with van der Waals surface area (Å²) in [6, 6.07) is 7.02. The molecule has 0 saturated heterocycles. The molecule has 7 heteroatoms. The highest BCUT2D eigenvalue weighted by atomic mass is 32.1. The maximum Gasteiger partial charge on any atom is 0.276 e. The van der Waals surface area contributed by atoms with Gasteiger partial charge in [-0.1, -0.05) is 6.07 Å². The van der Waals surface area contributed by atoms with E-state index in [4.69, 9.17) is 21.7 Å². The summed E-state index contributed by atoms with van der Waals surface area (Å²) in [4.78, 5) is 11.5. The molecule has 1 aromatic carbocycles. The van der Waals surface area contributed by atoms with Gasteiger partial charge in [0.2, 0.25) is 0 Å². The van der Waals surface area contributed by atoms with E-state index in [1.54, 1.807) is 31.4 Å². The molecule has 0 aromatic heterocycles. The number of methoxy groups -OCH3 is 1. The molecule has 6 nitrogen and oxygen atoms in total. The average Bonchev–Trinajstić information content (AvgIpc) is 2.43. The minimum absolute atomic E-state index is 0.116. The molecule has 0 aliphatic rings. The van der Waals surface area contributed by atoms with Crippen molar-refractivity contribution in [1.82, 2.24) is 16.2 Å². The number of amides is 1. The van der Waals surface area contributed by atoms with Crippen LogP contribution in [0.2, 0.25) is 0 Å². The Kier molecular flexibility index (Phi) is 6.45. The van der Waals surface area contributed by atoms with Crippen LogP contribution in [-0.4, -0.2) is 31.3 Å². The summed E-state index contributed by atoms with van der Waals surface area (Å²) >= 11 is 4.89. The van der Waals surface area contributed by atoms with Crippen LogP contribution in [0.3, 0.4) is 0 Å². The Hall–Kier alpha value is -2.02. The van der Waals surface area contributed by atoms with Crippen molar-refractivity contribution in [1.29, 1.82) is 0 Å². The highest BCUT2D eigenvalue weighted by molar-refractivity contribution is 7.80. The normalized spacial score (nSPS) is 9.37. The molecular weight excluding hydrogens is 266 g/mol. The van der Waals surface area contributed by atoms with Crippen LogP contribution in [0, 0.1) is 0 Å². The van der Waals surface area contributed by atoms with Crippen molar-refractivity contribution in [3.05, 3.63) is 24.3 Å². The monoisotopic (exact) mass is 283 g/mol. The molecule has 1 rings (SSSR count). The lowest BCUT2D eigenvalue weighted by atomic mass is 10.3. The van der Waals surface area contributed by atoms with Gasteiger partial charge < -0.3 is 14.8 Å². The van der Waals surface area contributed by atoms with Crippen LogP contribution in [0.4, 0.5) is 0 Å². The van der Waals surface area contributed by atoms with Crippen molar-refractivity contribution in [2.75, 3.05) is 20.3 Å². The van der Waals surface area contributed by atoms with Gasteiger partial charge in [0.25, 0.3) is 5.91 Å². The van der Waals surface area contributed by atoms with Crippen molar-refractivity contribution in [3.63, 3.8) is 0 Å². The molecule has 3 N–H and O–H groups in total. The molecular formula is C12H17N3O3S. The first-order chi connectivity index (χ1) is 9.15. The van der Waals surface area contributed by atoms with Crippen LogP contribution < -0.4 is 25.6 Å². The molecule has 0 spiro atoms. The molecule has 1 amide bonds. The van der Waals surface area contributed by atoms with Gasteiger partial charge >= 0.3 is 0 Å². The summed E-state index contributed by atoms with van der Waals surface area (Å²) in [5, 5.41) is 3.20. The third-order valence-electron chi connectivity index (χ3n) is 2.06. The number of hydrazine groups is 1. The van der Waals surface area contributed by atoms with Crippen molar-refractivity contribution >= 4 is 23.2 Å². The Morgan fingerprint density at radius 1 is 1.32 bits per heavy atom. The fourth-order valence-electron chi connectivity index (χ4n) is 1.21. The van der Waals surface area contributed by atoms with Gasteiger partial charge in [-0.05, 0) is 31.3 Å². The van der Waals surface area contributed by atoms with Crippen LogP contribution in [-0.2, 0) is 4.79 Å². The summed E-state index contributed by atoms with van der Waals surface area (Å²) in [5.74, 6) is 0.899. The Labute approximate surface area is 117 Å². The van der Waals surface area contributed by atoms with E-state index >= 15 is 0 Å². The Morgan fingerprint density at radius 3 is 2.74 bits per heavy atom. The number of hydrogen-bond acceptors (Lipinski definition) is 4. The Morgan fingerprint density at radius 2 is 2.05 bits per heavy atom. The first-order valence-electron chi connectivity index (χ1n) is 5.75. The fourth-order valence-corrected chi connectivity index (χ4v) is 1.40. The quantitative estimate of drug-likeness (QED) is 0.543. The minimum atomic E-state index is -0.330. The van der Waals surface area contributed by atoms with E-state index in [0.29, 0.717) is 23.2 Å². The van der Waals surface area contributed by atoms with E-state index in [-0.39, 0.29) is 12.5 Å². The molecule has 1 aromatic rings. The summed E-state index contributed by atoms with van der Waals surface area (Å²) in [6.07, 6.45) is 0. The van der Waals surface area contributed by atoms with Gasteiger partial charge in [0, 0.05) is 12.6 Å². The van der Waals surface area contributed by atoms with Gasteiger partial charge in [-0.3, -0.25) is 15.6 Å². The first-order valence-corrected chi connectivity index (χ1v) is 6.16. The fraction of sp³-hybridized carbons (Fsp3) is 0.333. The number of rotatable bonds is 5. The number of carbonyl (C=O) groups excluding carboxylic acids is 1. The molecule has 0 radical (unpaired) electrons. The predicted octanol–water partition coefficient (Wildman–Crippen LogP) is 0.589. The zero-order valence-electron chi connectivity index (χ0n) is 10.9. The number of carbonyl (C=O) groups is 1. The maximum absolute atomic E-state index is 11.5. The first kappa shape index (κ1) is 15.0. The lowest BCUT2D eigenvalue weighted by Gasteiger charge is -2.11. The van der Waals surface area contributed by atoms with Crippen molar-refractivity contribution in [2.45, 2.75) is 6.92 Å². The van der Waals surface area contributed by atoms with Crippen LogP contribution in [0.5, 0.6) is 11.5 Å². The van der Waals surface area contributed by atoms with Crippen LogP contribution in [0.1, 0.15) is 6.92 Å². The second-order valence-corrected chi connectivity index (χ2v) is 3.91. The van der Waals surface area contributed by atoms with Crippen LogP contribution in [0.25, 0.3) is 0 Å². The minimum Gasteiger partial charge on any atom is -0.497 e. The van der Waals surface area contributed by atoms with Crippen molar-refractivity contribution < 1.29 is 14.3 Å². The number of hydrogen-bond donors (Lipinski definition) is 3. The topological polar surface area (TPSA) is 71.6 Å². The second kappa shape index (κ2) is 8.15. The largest absolute Gasteiger partial charge is 0.497 e. The van der Waals surface area contributed by atoms with Gasteiger partial charge in [0.15, 0.2) is 11.7 Å². The molecule has 0 aliphatic carbocycles. The van der Waals surface area contributed by atoms with Crippen molar-refractivity contribution in [3.8, 4) is 11.5 Å². The summed E-state index contributed by atoms with van der Waals surface area (Å²) in [6.45, 7) is 2.47. The van der Waals surface area contributed by atoms with E-state index in [0.717, 1.165) is 0 Å². The molecule has 0 atom stereocenters. The smallest absolute Gasteiger partial charge is 0.276 e. The molecule has 0 saturated carbocycles. The van der Waals surface area contributed by atoms with Gasteiger partial charge in [0.1, 0.15) is 11.5 Å².